The highest BCUT2D eigenvalue weighted by Crippen LogP contribution is 2.33. The van der Waals surface area contributed by atoms with Crippen LogP contribution in [0.2, 0.25) is 0 Å². The van der Waals surface area contributed by atoms with Crippen molar-refractivity contribution < 1.29 is 17.9 Å². The van der Waals surface area contributed by atoms with E-state index in [4.69, 9.17) is 4.74 Å². The Kier molecular flexibility index (Phi) is 6.93. The summed E-state index contributed by atoms with van der Waals surface area (Å²) in [7, 11) is -2.06. The summed E-state index contributed by atoms with van der Waals surface area (Å²) in [6, 6.07) is 6.79. The van der Waals surface area contributed by atoms with Gasteiger partial charge in [0, 0.05) is 19.6 Å². The maximum Gasteiger partial charge on any atom is 0.245 e. The molecule has 2 unspecified atom stereocenters. The van der Waals surface area contributed by atoms with Gasteiger partial charge in [0.15, 0.2) is 5.78 Å². The van der Waals surface area contributed by atoms with Crippen LogP contribution in [0.3, 0.4) is 0 Å². The summed E-state index contributed by atoms with van der Waals surface area (Å²) in [6.45, 7) is 3.75. The summed E-state index contributed by atoms with van der Waals surface area (Å²) in [4.78, 5) is 11.6. The molecular formula is C19H27NO4S. The number of hydrogen-bond acceptors (Lipinski definition) is 4. The second kappa shape index (κ2) is 8.74. The molecule has 1 fully saturated rings. The van der Waals surface area contributed by atoms with E-state index in [-0.39, 0.29) is 11.8 Å². The molecular weight excluding hydrogens is 338 g/mol. The van der Waals surface area contributed by atoms with Crippen molar-refractivity contribution in [2.24, 2.45) is 0 Å². The maximum absolute atomic E-state index is 13.1. The molecule has 0 N–H and O–H groups in total. The summed E-state index contributed by atoms with van der Waals surface area (Å²) < 4.78 is 33.1. The Morgan fingerprint density at radius 3 is 2.56 bits per heavy atom. The lowest BCUT2D eigenvalue weighted by molar-refractivity contribution is -0.114. The highest BCUT2D eigenvalue weighted by atomic mass is 32.2. The van der Waals surface area contributed by atoms with Crippen molar-refractivity contribution in [1.29, 1.82) is 0 Å². The summed E-state index contributed by atoms with van der Waals surface area (Å²) in [5, 5.41) is 0. The van der Waals surface area contributed by atoms with E-state index < -0.39 is 16.3 Å². The monoisotopic (exact) mass is 365 g/mol. The molecule has 0 bridgehead atoms. The Morgan fingerprint density at radius 1 is 1.28 bits per heavy atom. The third-order valence-corrected chi connectivity index (χ3v) is 6.53. The van der Waals surface area contributed by atoms with Crippen molar-refractivity contribution in [3.05, 3.63) is 42.0 Å². The molecule has 1 aromatic carbocycles. The largest absolute Gasteiger partial charge is 0.365 e. The fourth-order valence-corrected chi connectivity index (χ4v) is 4.95. The van der Waals surface area contributed by atoms with Crippen LogP contribution in [0.15, 0.2) is 41.3 Å². The number of benzene rings is 1. The standard InChI is InChI=1S/C19H27NO4S/c1-4-17(21)8-6-5-7-16-11-14-19(24-3)20(16)25(22,23)18-12-9-15(2)10-13-18/h6,8-10,12-13,16,19H,4-5,7,11,14H2,1-3H3/b8-6+. The van der Waals surface area contributed by atoms with Crippen molar-refractivity contribution >= 4 is 15.8 Å². The number of rotatable bonds is 8. The lowest BCUT2D eigenvalue weighted by atomic mass is 10.1. The Morgan fingerprint density at radius 2 is 1.96 bits per heavy atom. The highest BCUT2D eigenvalue weighted by Gasteiger charge is 2.41. The van der Waals surface area contributed by atoms with Crippen molar-refractivity contribution in [3.63, 3.8) is 0 Å². The topological polar surface area (TPSA) is 63.7 Å². The van der Waals surface area contributed by atoms with Gasteiger partial charge in [-0.25, -0.2) is 8.42 Å². The van der Waals surface area contributed by atoms with Gasteiger partial charge in [-0.15, -0.1) is 0 Å². The number of hydrogen-bond donors (Lipinski definition) is 0. The first-order valence-electron chi connectivity index (χ1n) is 8.72. The van der Waals surface area contributed by atoms with Crippen molar-refractivity contribution in [2.75, 3.05) is 7.11 Å². The number of nitrogens with zero attached hydrogens (tertiary/aromatic N) is 1. The lowest BCUT2D eigenvalue weighted by Crippen LogP contribution is -2.42. The van der Waals surface area contributed by atoms with E-state index in [1.165, 1.54) is 4.31 Å². The Hall–Kier alpha value is -1.50. The molecule has 1 heterocycles. The third kappa shape index (κ3) is 4.77. The van der Waals surface area contributed by atoms with Gasteiger partial charge in [-0.3, -0.25) is 4.79 Å². The van der Waals surface area contributed by atoms with Crippen LogP contribution >= 0.6 is 0 Å². The number of methoxy groups -OCH3 is 1. The van der Waals surface area contributed by atoms with Gasteiger partial charge in [-0.05, 0) is 50.8 Å². The second-order valence-corrected chi connectivity index (χ2v) is 8.21. The van der Waals surface area contributed by atoms with Crippen molar-refractivity contribution in [1.82, 2.24) is 4.31 Å². The molecule has 2 atom stereocenters. The highest BCUT2D eigenvalue weighted by molar-refractivity contribution is 7.89. The smallest absolute Gasteiger partial charge is 0.245 e. The van der Waals surface area contributed by atoms with Crippen LogP contribution in [0.4, 0.5) is 0 Å². The minimum Gasteiger partial charge on any atom is -0.365 e. The van der Waals surface area contributed by atoms with Gasteiger partial charge in [-0.1, -0.05) is 30.7 Å². The molecule has 0 aliphatic carbocycles. The zero-order chi connectivity index (χ0) is 18.4. The molecule has 1 aliphatic rings. The number of ketones is 1. The molecule has 1 saturated heterocycles. The van der Waals surface area contributed by atoms with Crippen LogP contribution in [-0.4, -0.2) is 37.9 Å². The minimum atomic E-state index is -3.61. The van der Waals surface area contributed by atoms with E-state index >= 15 is 0 Å². The van der Waals surface area contributed by atoms with Crippen LogP contribution < -0.4 is 0 Å². The predicted octanol–water partition coefficient (Wildman–Crippen LogP) is 3.44. The minimum absolute atomic E-state index is 0.0883. The predicted molar refractivity (Wildman–Crippen MR) is 97.7 cm³/mol. The van der Waals surface area contributed by atoms with Crippen LogP contribution in [-0.2, 0) is 19.6 Å². The van der Waals surface area contributed by atoms with E-state index in [1.54, 1.807) is 37.5 Å². The average molecular weight is 365 g/mol. The number of sulfonamides is 1. The van der Waals surface area contributed by atoms with Gasteiger partial charge in [0.2, 0.25) is 10.0 Å². The molecule has 2 rings (SSSR count). The summed E-state index contributed by atoms with van der Waals surface area (Å²) in [6.07, 6.45) is 6.27. The summed E-state index contributed by atoms with van der Waals surface area (Å²) >= 11 is 0. The zero-order valence-electron chi connectivity index (χ0n) is 15.1. The zero-order valence-corrected chi connectivity index (χ0v) is 16.0. The van der Waals surface area contributed by atoms with Gasteiger partial charge >= 0.3 is 0 Å². The van der Waals surface area contributed by atoms with Gasteiger partial charge in [0.05, 0.1) is 4.90 Å². The number of ether oxygens (including phenoxy) is 1. The average Bonchev–Trinajstić information content (AvgIpc) is 3.02. The van der Waals surface area contributed by atoms with E-state index in [1.807, 2.05) is 19.9 Å². The number of allylic oxidation sites excluding steroid dienone is 2. The maximum atomic E-state index is 13.1. The molecule has 25 heavy (non-hydrogen) atoms. The number of carbonyl (C=O) groups is 1. The number of carbonyl (C=O) groups excluding carboxylic acids is 1. The lowest BCUT2D eigenvalue weighted by Gasteiger charge is -2.28. The summed E-state index contributed by atoms with van der Waals surface area (Å²) in [5.41, 5.74) is 1.02. The van der Waals surface area contributed by atoms with E-state index in [0.717, 1.165) is 12.0 Å². The van der Waals surface area contributed by atoms with Crippen LogP contribution in [0, 0.1) is 6.92 Å². The van der Waals surface area contributed by atoms with E-state index in [0.29, 0.717) is 30.6 Å². The fraction of sp³-hybridized carbons (Fsp3) is 0.526. The SMILES string of the molecule is CCC(=O)/C=C/CCC1CCC(OC)N1S(=O)(=O)c1ccc(C)cc1. The van der Waals surface area contributed by atoms with Crippen molar-refractivity contribution in [2.45, 2.75) is 63.1 Å². The first-order chi connectivity index (χ1) is 11.9. The molecule has 5 nitrogen and oxygen atoms in total. The summed E-state index contributed by atoms with van der Waals surface area (Å²) in [5.74, 6) is 0.0883. The fourth-order valence-electron chi connectivity index (χ4n) is 3.12. The molecule has 0 saturated carbocycles. The van der Waals surface area contributed by atoms with Crippen molar-refractivity contribution in [3.8, 4) is 0 Å². The Balaban J connectivity index is 2.16. The van der Waals surface area contributed by atoms with Gasteiger partial charge in [0.1, 0.15) is 6.23 Å². The molecule has 1 aliphatic heterocycles. The second-order valence-electron chi connectivity index (χ2n) is 6.37. The van der Waals surface area contributed by atoms with Crippen LogP contribution in [0.1, 0.15) is 44.6 Å². The Labute approximate surface area is 150 Å². The first kappa shape index (κ1) is 19.8. The van der Waals surface area contributed by atoms with E-state index in [2.05, 4.69) is 0 Å². The third-order valence-electron chi connectivity index (χ3n) is 4.58. The quantitative estimate of drug-likeness (QED) is 0.662. The van der Waals surface area contributed by atoms with Gasteiger partial charge < -0.3 is 4.74 Å². The Bertz CT molecular complexity index is 709. The van der Waals surface area contributed by atoms with E-state index in [9.17, 15) is 13.2 Å². The molecule has 6 heteroatoms. The number of aryl methyl sites for hydroxylation is 1. The normalized spacial score (nSPS) is 21.9. The van der Waals surface area contributed by atoms with Gasteiger partial charge in [-0.2, -0.15) is 4.31 Å². The molecule has 0 spiro atoms. The van der Waals surface area contributed by atoms with Gasteiger partial charge in [0.25, 0.3) is 0 Å². The van der Waals surface area contributed by atoms with Crippen LogP contribution in [0.25, 0.3) is 0 Å². The molecule has 0 amide bonds. The molecule has 0 aromatic heterocycles. The molecule has 138 valence electrons. The van der Waals surface area contributed by atoms with Crippen LogP contribution in [0.5, 0.6) is 0 Å². The first-order valence-corrected chi connectivity index (χ1v) is 10.2. The molecule has 0 radical (unpaired) electrons. The molecule has 1 aromatic rings.